The normalized spacial score (nSPS) is 13.6. The number of thiocarbonyl (C=S) groups is 1. The maximum atomic E-state index is 5.17. The minimum atomic E-state index is 0.801. The predicted octanol–water partition coefficient (Wildman–Crippen LogP) is 1.71. The highest BCUT2D eigenvalue weighted by Gasteiger charge is 2.20. The van der Waals surface area contributed by atoms with Crippen molar-refractivity contribution in [3.05, 3.63) is 24.3 Å². The van der Waals surface area contributed by atoms with Gasteiger partial charge in [-0.05, 0) is 36.5 Å². The van der Waals surface area contributed by atoms with Crippen LogP contribution in [0.1, 0.15) is 0 Å². The number of hydrogen-bond acceptors (Lipinski definition) is 2. The van der Waals surface area contributed by atoms with Crippen molar-refractivity contribution in [2.75, 3.05) is 25.5 Å². The molecule has 0 saturated carbocycles. The highest BCUT2D eigenvalue weighted by Crippen LogP contribution is 2.16. The van der Waals surface area contributed by atoms with E-state index in [2.05, 4.69) is 10.2 Å². The van der Waals surface area contributed by atoms with Crippen molar-refractivity contribution in [1.29, 1.82) is 0 Å². The van der Waals surface area contributed by atoms with Crippen LogP contribution in [0.25, 0.3) is 0 Å². The zero-order chi connectivity index (χ0) is 9.97. The molecule has 1 heterocycles. The van der Waals surface area contributed by atoms with E-state index in [0.29, 0.717) is 0 Å². The SMILES string of the molecule is COc1ccc(NC(=S)N2CC2)cc1. The van der Waals surface area contributed by atoms with Gasteiger partial charge in [0, 0.05) is 18.8 Å². The van der Waals surface area contributed by atoms with Gasteiger partial charge in [-0.15, -0.1) is 0 Å². The minimum Gasteiger partial charge on any atom is -0.497 e. The molecule has 0 radical (unpaired) electrons. The van der Waals surface area contributed by atoms with Crippen LogP contribution in [0.3, 0.4) is 0 Å². The molecule has 0 atom stereocenters. The molecule has 1 N–H and O–H groups in total. The Morgan fingerprint density at radius 2 is 2.00 bits per heavy atom. The van der Waals surface area contributed by atoms with Crippen molar-refractivity contribution < 1.29 is 4.74 Å². The Bertz CT molecular complexity index is 332. The Morgan fingerprint density at radius 3 is 2.50 bits per heavy atom. The average Bonchev–Trinajstić information content (AvgIpc) is 3.02. The molecule has 0 aliphatic carbocycles. The first-order valence-electron chi connectivity index (χ1n) is 4.49. The van der Waals surface area contributed by atoms with Crippen molar-refractivity contribution in [2.45, 2.75) is 0 Å². The van der Waals surface area contributed by atoms with Gasteiger partial charge < -0.3 is 15.0 Å². The largest absolute Gasteiger partial charge is 0.497 e. The summed E-state index contributed by atoms with van der Waals surface area (Å²) in [5.41, 5.74) is 1.00. The molecule has 0 aromatic heterocycles. The Kier molecular flexibility index (Phi) is 2.54. The summed E-state index contributed by atoms with van der Waals surface area (Å²) < 4.78 is 5.06. The van der Waals surface area contributed by atoms with E-state index in [1.54, 1.807) is 7.11 Å². The van der Waals surface area contributed by atoms with Crippen LogP contribution >= 0.6 is 12.2 Å². The van der Waals surface area contributed by atoms with Crippen LogP contribution in [-0.2, 0) is 0 Å². The Labute approximate surface area is 88.7 Å². The number of methoxy groups -OCH3 is 1. The zero-order valence-electron chi connectivity index (χ0n) is 7.99. The number of nitrogens with zero attached hydrogens (tertiary/aromatic N) is 1. The van der Waals surface area contributed by atoms with E-state index >= 15 is 0 Å². The summed E-state index contributed by atoms with van der Waals surface area (Å²) >= 11 is 5.17. The molecule has 0 spiro atoms. The van der Waals surface area contributed by atoms with E-state index in [0.717, 1.165) is 29.6 Å². The van der Waals surface area contributed by atoms with Crippen molar-refractivity contribution >= 4 is 23.0 Å². The van der Waals surface area contributed by atoms with Gasteiger partial charge in [0.15, 0.2) is 5.11 Å². The topological polar surface area (TPSA) is 24.3 Å². The smallest absolute Gasteiger partial charge is 0.173 e. The van der Waals surface area contributed by atoms with E-state index in [1.165, 1.54) is 0 Å². The van der Waals surface area contributed by atoms with E-state index in [1.807, 2.05) is 24.3 Å². The standard InChI is InChI=1S/C10H12N2OS/c1-13-9-4-2-8(3-5-9)11-10(14)12-6-7-12/h2-5H,6-7H2,1H3,(H,11,14). The molecule has 0 unspecified atom stereocenters. The van der Waals surface area contributed by atoms with Crippen molar-refractivity contribution in [1.82, 2.24) is 4.90 Å². The molecular formula is C10H12N2OS. The van der Waals surface area contributed by atoms with Crippen LogP contribution in [0.5, 0.6) is 5.75 Å². The minimum absolute atomic E-state index is 0.801. The lowest BCUT2D eigenvalue weighted by Gasteiger charge is -2.08. The number of ether oxygens (including phenoxy) is 1. The fourth-order valence-corrected chi connectivity index (χ4v) is 1.43. The number of nitrogens with one attached hydrogen (secondary N) is 1. The first-order valence-corrected chi connectivity index (χ1v) is 4.90. The van der Waals surface area contributed by atoms with Crippen LogP contribution in [0.2, 0.25) is 0 Å². The van der Waals surface area contributed by atoms with Crippen molar-refractivity contribution in [3.63, 3.8) is 0 Å². The van der Waals surface area contributed by atoms with Gasteiger partial charge in [0.2, 0.25) is 0 Å². The molecule has 0 amide bonds. The maximum Gasteiger partial charge on any atom is 0.173 e. The van der Waals surface area contributed by atoms with E-state index in [9.17, 15) is 0 Å². The predicted molar refractivity (Wildman–Crippen MR) is 60.8 cm³/mol. The fourth-order valence-electron chi connectivity index (χ4n) is 1.13. The second kappa shape index (κ2) is 3.84. The highest BCUT2D eigenvalue weighted by molar-refractivity contribution is 7.80. The first-order chi connectivity index (χ1) is 6.79. The average molecular weight is 208 g/mol. The second-order valence-electron chi connectivity index (χ2n) is 3.15. The van der Waals surface area contributed by atoms with Gasteiger partial charge in [-0.1, -0.05) is 0 Å². The van der Waals surface area contributed by atoms with Gasteiger partial charge in [-0.2, -0.15) is 0 Å². The maximum absolute atomic E-state index is 5.17. The Hall–Kier alpha value is -1.29. The number of anilines is 1. The molecule has 74 valence electrons. The molecule has 1 saturated heterocycles. The lowest BCUT2D eigenvalue weighted by atomic mass is 10.3. The summed E-state index contributed by atoms with van der Waals surface area (Å²) in [6.45, 7) is 2.14. The summed E-state index contributed by atoms with van der Waals surface area (Å²) in [6, 6.07) is 7.73. The third kappa shape index (κ3) is 2.14. The van der Waals surface area contributed by atoms with Crippen LogP contribution < -0.4 is 10.1 Å². The molecule has 1 aromatic carbocycles. The van der Waals surface area contributed by atoms with E-state index in [4.69, 9.17) is 17.0 Å². The van der Waals surface area contributed by atoms with Crippen LogP contribution in [0.15, 0.2) is 24.3 Å². The molecule has 1 fully saturated rings. The molecule has 1 aliphatic heterocycles. The van der Waals surface area contributed by atoms with Gasteiger partial charge in [0.25, 0.3) is 0 Å². The monoisotopic (exact) mass is 208 g/mol. The fraction of sp³-hybridized carbons (Fsp3) is 0.300. The zero-order valence-corrected chi connectivity index (χ0v) is 8.80. The molecular weight excluding hydrogens is 196 g/mol. The van der Waals surface area contributed by atoms with Gasteiger partial charge in [0.05, 0.1) is 7.11 Å². The molecule has 1 aliphatic rings. The summed E-state index contributed by atoms with van der Waals surface area (Å²) in [5.74, 6) is 0.855. The summed E-state index contributed by atoms with van der Waals surface area (Å²) in [5, 5.41) is 3.96. The Morgan fingerprint density at radius 1 is 1.36 bits per heavy atom. The quantitative estimate of drug-likeness (QED) is 0.590. The van der Waals surface area contributed by atoms with Gasteiger partial charge in [0.1, 0.15) is 5.75 Å². The molecule has 1 aromatic rings. The van der Waals surface area contributed by atoms with Crippen LogP contribution in [0, 0.1) is 0 Å². The number of rotatable bonds is 2. The molecule has 2 rings (SSSR count). The molecule has 14 heavy (non-hydrogen) atoms. The van der Waals surface area contributed by atoms with Gasteiger partial charge in [-0.3, -0.25) is 0 Å². The summed E-state index contributed by atoms with van der Waals surface area (Å²) in [6.07, 6.45) is 0. The van der Waals surface area contributed by atoms with Crippen molar-refractivity contribution in [3.8, 4) is 5.75 Å². The molecule has 4 heteroatoms. The van der Waals surface area contributed by atoms with E-state index < -0.39 is 0 Å². The number of hydrogen-bond donors (Lipinski definition) is 1. The summed E-state index contributed by atoms with van der Waals surface area (Å²) in [7, 11) is 1.66. The third-order valence-corrected chi connectivity index (χ3v) is 2.44. The second-order valence-corrected chi connectivity index (χ2v) is 3.53. The molecule has 0 bridgehead atoms. The summed E-state index contributed by atoms with van der Waals surface area (Å²) in [4.78, 5) is 2.10. The highest BCUT2D eigenvalue weighted by atomic mass is 32.1. The molecule has 3 nitrogen and oxygen atoms in total. The van der Waals surface area contributed by atoms with E-state index in [-0.39, 0.29) is 0 Å². The Balaban J connectivity index is 1.98. The van der Waals surface area contributed by atoms with Crippen LogP contribution in [-0.4, -0.2) is 30.2 Å². The lowest BCUT2D eigenvalue weighted by molar-refractivity contribution is 0.415. The van der Waals surface area contributed by atoms with Crippen LogP contribution in [0.4, 0.5) is 5.69 Å². The first kappa shape index (κ1) is 9.27. The van der Waals surface area contributed by atoms with Crippen molar-refractivity contribution in [2.24, 2.45) is 0 Å². The lowest BCUT2D eigenvalue weighted by Crippen LogP contribution is -2.17. The van der Waals surface area contributed by atoms with Gasteiger partial charge >= 0.3 is 0 Å². The van der Waals surface area contributed by atoms with Gasteiger partial charge in [-0.25, -0.2) is 0 Å². The third-order valence-electron chi connectivity index (χ3n) is 2.08. The number of benzene rings is 1.